The molecule has 5 atom stereocenters. The van der Waals surface area contributed by atoms with Gasteiger partial charge in [-0.1, -0.05) is 49.3 Å². The van der Waals surface area contributed by atoms with E-state index in [4.69, 9.17) is 14.3 Å². The Kier molecular flexibility index (Phi) is 12.2. The summed E-state index contributed by atoms with van der Waals surface area (Å²) in [7, 11) is 0. The molecule has 3 heterocycles. The Labute approximate surface area is 327 Å². The van der Waals surface area contributed by atoms with E-state index in [0.717, 1.165) is 18.6 Å². The zero-order chi connectivity index (χ0) is 41.1. The number of halogens is 4. The third-order valence-electron chi connectivity index (χ3n) is 10.5. The largest absolute Gasteiger partial charge is 0.444 e. The lowest BCUT2D eigenvalue weighted by atomic mass is 10.0. The highest BCUT2D eigenvalue weighted by Gasteiger charge is 2.61. The molecule has 5 amide bonds. The number of amides is 5. The molecule has 0 radical (unpaired) electrons. The van der Waals surface area contributed by atoms with Gasteiger partial charge in [0, 0.05) is 24.4 Å². The zero-order valence-corrected chi connectivity index (χ0v) is 32.0. The van der Waals surface area contributed by atoms with Crippen molar-refractivity contribution in [2.75, 3.05) is 6.54 Å². The van der Waals surface area contributed by atoms with Gasteiger partial charge in [0.2, 0.25) is 11.8 Å². The number of nitrogens with one attached hydrogen (secondary N) is 3. The molecule has 6 rings (SSSR count). The minimum absolute atomic E-state index is 0.0184. The second-order valence-electron chi connectivity index (χ2n) is 15.9. The first-order valence-electron chi connectivity index (χ1n) is 19.0. The summed E-state index contributed by atoms with van der Waals surface area (Å²) in [5, 5.41) is 5.49. The number of alkyl carbamates (subject to hydrolysis) is 1. The van der Waals surface area contributed by atoms with Crippen LogP contribution >= 0.6 is 0 Å². The second kappa shape index (κ2) is 16.7. The van der Waals surface area contributed by atoms with Crippen LogP contribution < -0.4 is 16.1 Å². The van der Waals surface area contributed by atoms with Crippen LogP contribution in [-0.2, 0) is 54.6 Å². The molecule has 4 aliphatic rings. The fourth-order valence-electron chi connectivity index (χ4n) is 7.41. The number of hydrogen-bond donors (Lipinski definition) is 3. The third kappa shape index (κ3) is 10.0. The van der Waals surface area contributed by atoms with Gasteiger partial charge in [0.25, 0.3) is 5.91 Å². The van der Waals surface area contributed by atoms with Crippen LogP contribution in [0.15, 0.2) is 54.6 Å². The van der Waals surface area contributed by atoms with Crippen molar-refractivity contribution in [3.63, 3.8) is 0 Å². The van der Waals surface area contributed by atoms with Gasteiger partial charge >= 0.3 is 18.4 Å². The summed E-state index contributed by atoms with van der Waals surface area (Å²) in [5.74, 6) is -2.91. The van der Waals surface area contributed by atoms with Gasteiger partial charge in [0.1, 0.15) is 35.1 Å². The summed E-state index contributed by atoms with van der Waals surface area (Å²) in [6.45, 7) is 4.68. The first kappa shape index (κ1) is 41.4. The SMILES string of the molecule is CC(C)(C)OC(=O)N[C@H]1CCCCC/C=C\[C@@H]2C[C@@]2(C(=O)NOCc2ccc(C(F)(F)F)cc2)NC(=O)[C@@H]2C[C@@H](OC(=O)N3Cc4cccc(F)c4C3)CN2C1=O. The Hall–Kier alpha value is -5.19. The van der Waals surface area contributed by atoms with Gasteiger partial charge in [-0.2, -0.15) is 13.2 Å². The summed E-state index contributed by atoms with van der Waals surface area (Å²) < 4.78 is 64.7. The Morgan fingerprint density at radius 2 is 1.75 bits per heavy atom. The molecule has 3 N–H and O–H groups in total. The van der Waals surface area contributed by atoms with Crippen molar-refractivity contribution < 1.29 is 55.8 Å². The molecule has 2 fully saturated rings. The van der Waals surface area contributed by atoms with Crippen LogP contribution in [0.25, 0.3) is 0 Å². The van der Waals surface area contributed by atoms with Crippen molar-refractivity contribution in [3.05, 3.63) is 82.7 Å². The maximum atomic E-state index is 14.4. The van der Waals surface area contributed by atoms with Gasteiger partial charge < -0.3 is 25.0 Å². The van der Waals surface area contributed by atoms with Gasteiger partial charge in [0.15, 0.2) is 0 Å². The number of nitrogens with zero attached hydrogens (tertiary/aromatic N) is 2. The van der Waals surface area contributed by atoms with Crippen molar-refractivity contribution in [2.24, 2.45) is 5.92 Å². The van der Waals surface area contributed by atoms with E-state index >= 15 is 0 Å². The molecule has 1 saturated carbocycles. The van der Waals surface area contributed by atoms with Crippen molar-refractivity contribution >= 4 is 29.9 Å². The number of alkyl halides is 3. The standard InChI is InChI=1S/C40H47F4N5O8/c1-38(2,3)57-36(53)45-31-13-8-6-4-5-7-11-27-19-39(27,35(52)47-55-23-24-14-16-26(17-15-24)40(42,43)44)46-33(50)32-18-28(21-49(32)34(31)51)56-37(54)48-20-25-10-9-12-30(41)29(25)22-48/h7,9-12,14-17,27-28,31-32H,4-6,8,13,18-23H2,1-3H3,(H,45,53)(H,46,50)(H,47,52)/b11-7-/t27-,28-,31+,32+,39-/m1/s1. The monoisotopic (exact) mass is 801 g/mol. The van der Waals surface area contributed by atoms with E-state index in [1.165, 1.54) is 28.0 Å². The molecule has 0 aromatic heterocycles. The Morgan fingerprint density at radius 1 is 1.00 bits per heavy atom. The number of hydroxylamine groups is 1. The molecule has 2 aromatic carbocycles. The van der Waals surface area contributed by atoms with Crippen LogP contribution in [0.3, 0.4) is 0 Å². The number of carbonyl (C=O) groups excluding carboxylic acids is 5. The lowest BCUT2D eigenvalue weighted by molar-refractivity contribution is -0.144. The predicted molar refractivity (Wildman–Crippen MR) is 195 cm³/mol. The summed E-state index contributed by atoms with van der Waals surface area (Å²) in [6.07, 6.45) is -0.369. The van der Waals surface area contributed by atoms with E-state index in [1.54, 1.807) is 32.9 Å². The lowest BCUT2D eigenvalue weighted by Crippen LogP contribution is -2.58. The molecule has 308 valence electrons. The van der Waals surface area contributed by atoms with E-state index in [-0.39, 0.29) is 45.5 Å². The maximum absolute atomic E-state index is 14.4. The molecule has 0 spiro atoms. The molecule has 1 aliphatic carbocycles. The Morgan fingerprint density at radius 3 is 2.46 bits per heavy atom. The first-order chi connectivity index (χ1) is 26.9. The maximum Gasteiger partial charge on any atom is 0.416 e. The van der Waals surface area contributed by atoms with Crippen molar-refractivity contribution in [1.29, 1.82) is 0 Å². The molecule has 17 heteroatoms. The average molecular weight is 802 g/mol. The van der Waals surface area contributed by atoms with E-state index in [0.29, 0.717) is 36.0 Å². The van der Waals surface area contributed by atoms with Crippen LogP contribution in [0.4, 0.5) is 27.2 Å². The average Bonchev–Trinajstić information content (AvgIpc) is 3.42. The fraction of sp³-hybridized carbons (Fsp3) is 0.525. The number of allylic oxidation sites excluding steroid dienone is 1. The number of fused-ring (bicyclic) bond motifs is 3. The Balaban J connectivity index is 1.20. The molecule has 1 saturated heterocycles. The van der Waals surface area contributed by atoms with E-state index in [9.17, 15) is 41.5 Å². The minimum Gasteiger partial charge on any atom is -0.444 e. The van der Waals surface area contributed by atoms with Crippen LogP contribution in [0.5, 0.6) is 0 Å². The fourth-order valence-corrected chi connectivity index (χ4v) is 7.41. The quantitative estimate of drug-likeness (QED) is 0.188. The van der Waals surface area contributed by atoms with Crippen LogP contribution in [0.1, 0.15) is 88.0 Å². The molecule has 0 unspecified atom stereocenters. The number of hydrogen-bond acceptors (Lipinski definition) is 8. The highest BCUT2D eigenvalue weighted by Crippen LogP contribution is 2.45. The van der Waals surface area contributed by atoms with Crippen molar-refractivity contribution in [2.45, 2.75) is 121 Å². The van der Waals surface area contributed by atoms with Crippen LogP contribution in [-0.4, -0.2) is 75.6 Å². The third-order valence-corrected chi connectivity index (χ3v) is 10.5. The van der Waals surface area contributed by atoms with Crippen molar-refractivity contribution in [1.82, 2.24) is 25.9 Å². The number of ether oxygens (including phenoxy) is 2. The lowest BCUT2D eigenvalue weighted by Gasteiger charge is -2.30. The normalized spacial score (nSPS) is 25.8. The minimum atomic E-state index is -4.51. The van der Waals surface area contributed by atoms with E-state index in [1.807, 2.05) is 12.2 Å². The second-order valence-corrected chi connectivity index (χ2v) is 15.9. The molecule has 13 nitrogen and oxygen atoms in total. The van der Waals surface area contributed by atoms with Crippen LogP contribution in [0, 0.1) is 11.7 Å². The van der Waals surface area contributed by atoms with E-state index in [2.05, 4.69) is 16.1 Å². The Bertz CT molecular complexity index is 1880. The summed E-state index contributed by atoms with van der Waals surface area (Å²) in [4.78, 5) is 76.6. The number of rotatable bonds is 6. The molecule has 3 aliphatic heterocycles. The molecule has 57 heavy (non-hydrogen) atoms. The van der Waals surface area contributed by atoms with Gasteiger partial charge in [-0.25, -0.2) is 19.5 Å². The van der Waals surface area contributed by atoms with Gasteiger partial charge in [-0.05, 0) is 75.8 Å². The topological polar surface area (TPSA) is 156 Å². The van der Waals surface area contributed by atoms with Gasteiger partial charge in [-0.3, -0.25) is 24.1 Å². The van der Waals surface area contributed by atoms with Crippen LogP contribution in [0.2, 0.25) is 0 Å². The van der Waals surface area contributed by atoms with E-state index < -0.39 is 82.7 Å². The summed E-state index contributed by atoms with van der Waals surface area (Å²) >= 11 is 0. The molecule has 2 aromatic rings. The first-order valence-corrected chi connectivity index (χ1v) is 19.0. The van der Waals surface area contributed by atoms with Gasteiger partial charge in [-0.15, -0.1) is 0 Å². The predicted octanol–water partition coefficient (Wildman–Crippen LogP) is 5.80. The molecular weight excluding hydrogens is 754 g/mol. The number of benzene rings is 2. The summed E-state index contributed by atoms with van der Waals surface area (Å²) in [5.41, 5.74) is 0.522. The number of carbonyl (C=O) groups is 5. The summed E-state index contributed by atoms with van der Waals surface area (Å²) in [6, 6.07) is 6.49. The van der Waals surface area contributed by atoms with Gasteiger partial charge in [0.05, 0.1) is 25.3 Å². The highest BCUT2D eigenvalue weighted by atomic mass is 19.4. The van der Waals surface area contributed by atoms with Crippen molar-refractivity contribution in [3.8, 4) is 0 Å². The smallest absolute Gasteiger partial charge is 0.416 e. The highest BCUT2D eigenvalue weighted by molar-refractivity contribution is 5.98. The zero-order valence-electron chi connectivity index (χ0n) is 32.0. The molecular formula is C40H47F4N5O8. The molecule has 0 bridgehead atoms.